The predicted molar refractivity (Wildman–Crippen MR) is 156 cm³/mol. The van der Waals surface area contributed by atoms with Crippen molar-refractivity contribution in [1.29, 1.82) is 0 Å². The van der Waals surface area contributed by atoms with E-state index in [1.807, 2.05) is 6.92 Å². The smallest absolute Gasteiger partial charge is 0.343 e. The number of aliphatic hydroxyl groups excluding tert-OH is 2. The van der Waals surface area contributed by atoms with Crippen LogP contribution >= 0.6 is 0 Å². The summed E-state index contributed by atoms with van der Waals surface area (Å²) in [6, 6.07) is 0. The molecule has 2 saturated heterocycles. The number of allylic oxidation sites excluding steroid dienone is 1. The quantitative estimate of drug-likeness (QED) is 0.219. The van der Waals surface area contributed by atoms with Crippen molar-refractivity contribution in [2.24, 2.45) is 57.7 Å². The average Bonchev–Trinajstić information content (AvgIpc) is 3.65. The third-order valence-electron chi connectivity index (χ3n) is 13.8. The fourth-order valence-electron chi connectivity index (χ4n) is 11.9. The Bertz CT molecular complexity index is 1500. The van der Waals surface area contributed by atoms with Gasteiger partial charge >= 0.3 is 23.9 Å². The molecule has 0 aromatic rings. The fraction of sp³-hybridized carbons (Fsp3) is 0.794. The van der Waals surface area contributed by atoms with E-state index in [9.17, 15) is 39.3 Å². The van der Waals surface area contributed by atoms with E-state index >= 15 is 0 Å². The summed E-state index contributed by atoms with van der Waals surface area (Å²) < 4.78 is 29.6. The zero-order valence-corrected chi connectivity index (χ0v) is 27.8. The van der Waals surface area contributed by atoms with Crippen LogP contribution in [0.4, 0.5) is 0 Å². The Balaban J connectivity index is 1.49. The lowest BCUT2D eigenvalue weighted by Crippen LogP contribution is -2.74. The van der Waals surface area contributed by atoms with Crippen LogP contribution in [0, 0.1) is 57.7 Å². The van der Waals surface area contributed by atoms with E-state index in [2.05, 4.69) is 0 Å². The van der Waals surface area contributed by atoms with Gasteiger partial charge in [-0.05, 0) is 38.2 Å². The van der Waals surface area contributed by atoms with Crippen molar-refractivity contribution in [3.8, 4) is 0 Å². The number of aliphatic hydroxyl groups is 3. The second-order valence-corrected chi connectivity index (χ2v) is 15.9. The molecule has 5 aliphatic carbocycles. The minimum Gasteiger partial charge on any atom is -0.462 e. The molecule has 7 aliphatic rings. The first kappa shape index (κ1) is 32.7. The van der Waals surface area contributed by atoms with Crippen molar-refractivity contribution in [2.75, 3.05) is 0 Å². The van der Waals surface area contributed by atoms with Gasteiger partial charge in [0.1, 0.15) is 36.3 Å². The lowest BCUT2D eigenvalue weighted by Gasteiger charge is -2.64. The summed E-state index contributed by atoms with van der Waals surface area (Å²) >= 11 is 0. The number of hydrogen-bond donors (Lipinski definition) is 3. The number of Topliss-reactive ketones (excluding diaryl/α,β-unsaturated/α-hetero) is 1. The van der Waals surface area contributed by atoms with Gasteiger partial charge in [-0.2, -0.15) is 0 Å². The maximum atomic E-state index is 14.3. The number of carbonyl (C=O) groups is 5. The minimum atomic E-state index is -2.07. The molecule has 0 bridgehead atoms. The Morgan fingerprint density at radius 2 is 1.45 bits per heavy atom. The van der Waals surface area contributed by atoms with Gasteiger partial charge in [-0.3, -0.25) is 19.2 Å². The molecule has 0 unspecified atom stereocenters. The van der Waals surface area contributed by atoms with Gasteiger partial charge in [-0.1, -0.05) is 20.8 Å². The van der Waals surface area contributed by atoms with E-state index in [0.717, 1.165) is 0 Å². The predicted octanol–water partition coefficient (Wildman–Crippen LogP) is 0.842. The summed E-state index contributed by atoms with van der Waals surface area (Å²) in [5.41, 5.74) is -6.08. The zero-order chi connectivity index (χ0) is 34.5. The molecular weight excluding hydrogens is 616 g/mol. The van der Waals surface area contributed by atoms with Crippen LogP contribution in [-0.4, -0.2) is 93.3 Å². The van der Waals surface area contributed by atoms with Crippen LogP contribution in [0.25, 0.3) is 0 Å². The van der Waals surface area contributed by atoms with Crippen molar-refractivity contribution in [2.45, 2.75) is 110 Å². The lowest BCUT2D eigenvalue weighted by molar-refractivity contribution is -0.268. The monoisotopic (exact) mass is 660 g/mol. The highest BCUT2D eigenvalue weighted by Crippen LogP contribution is 2.75. The summed E-state index contributed by atoms with van der Waals surface area (Å²) in [7, 11) is 0. The molecule has 4 saturated carbocycles. The topological polar surface area (TPSA) is 195 Å². The SMILES string of the molecule is CC(=O)O[C@@H]1[C@H]2[C@H]3[C@H]([C@@H](O)[C@H](OC(C)=O)[C@]2(C)[C@@H]2[C@H]1[C@]1(C)C(=C[C@H]2C)OC(=O)[C@@]1(C)O)[C@]1(C)[C@H](C[C@@H]2O[C@@H]2[C@@H]1OC(C)=O)C(=O)[C@@H]3O. The first-order chi connectivity index (χ1) is 21.7. The molecule has 13 heteroatoms. The van der Waals surface area contributed by atoms with Gasteiger partial charge in [0.15, 0.2) is 11.4 Å². The summed E-state index contributed by atoms with van der Waals surface area (Å²) in [4.78, 5) is 65.8. The molecule has 0 amide bonds. The molecule has 47 heavy (non-hydrogen) atoms. The van der Waals surface area contributed by atoms with Crippen LogP contribution in [0.1, 0.15) is 61.8 Å². The molecule has 18 atom stereocenters. The molecule has 3 N–H and O–H groups in total. The van der Waals surface area contributed by atoms with Gasteiger partial charge in [0, 0.05) is 61.2 Å². The van der Waals surface area contributed by atoms with Crippen LogP contribution < -0.4 is 0 Å². The van der Waals surface area contributed by atoms with Crippen LogP contribution in [-0.2, 0) is 47.7 Å². The molecule has 2 heterocycles. The number of ketones is 1. The second-order valence-electron chi connectivity index (χ2n) is 15.9. The Labute approximate surface area is 272 Å². The van der Waals surface area contributed by atoms with Gasteiger partial charge in [0.2, 0.25) is 0 Å². The fourth-order valence-corrected chi connectivity index (χ4v) is 11.9. The standard InChI is InChI=1S/C34H44O13/c1-11-9-17-33(7,34(8,42)30(41)47-17)22-19(11)32(6)21(27(22)43-12(2)35)18-20(25(40)28(32)44-13(3)36)31(5)15(23(38)24(18)39)10-16-26(46-16)29(31)45-14(4)37/h9,11,15-16,18-22,24-29,39-40,42H,10H2,1-8H3/t11-,15-,16+,18-,19+,20-,21-,22-,24-,25-,26+,27-,28+,29+,31+,32-,33+,34-/m1/s1. The molecule has 13 nitrogen and oxygen atoms in total. The van der Waals surface area contributed by atoms with Crippen molar-refractivity contribution in [3.63, 3.8) is 0 Å². The molecule has 2 aliphatic heterocycles. The van der Waals surface area contributed by atoms with Crippen LogP contribution in [0.5, 0.6) is 0 Å². The van der Waals surface area contributed by atoms with E-state index in [-0.39, 0.29) is 18.3 Å². The largest absolute Gasteiger partial charge is 0.462 e. The summed E-state index contributed by atoms with van der Waals surface area (Å²) in [6.07, 6.45) is -5.38. The molecule has 0 aromatic heterocycles. The van der Waals surface area contributed by atoms with E-state index in [1.54, 1.807) is 26.8 Å². The normalized spacial score (nSPS) is 55.1. The highest BCUT2D eigenvalue weighted by atomic mass is 16.6. The van der Waals surface area contributed by atoms with Crippen LogP contribution in [0.3, 0.4) is 0 Å². The van der Waals surface area contributed by atoms with Crippen molar-refractivity contribution < 1.29 is 63.0 Å². The van der Waals surface area contributed by atoms with Crippen molar-refractivity contribution in [3.05, 3.63) is 11.8 Å². The minimum absolute atomic E-state index is 0.216. The third kappa shape index (κ3) is 3.82. The number of carbonyl (C=O) groups excluding carboxylic acids is 5. The highest BCUT2D eigenvalue weighted by molar-refractivity contribution is 5.88. The van der Waals surface area contributed by atoms with Crippen LogP contribution in [0.15, 0.2) is 11.8 Å². The van der Waals surface area contributed by atoms with E-state index < -0.39 is 130 Å². The Kier molecular flexibility index (Phi) is 6.85. The third-order valence-corrected chi connectivity index (χ3v) is 13.8. The lowest BCUT2D eigenvalue weighted by atomic mass is 9.41. The molecule has 0 radical (unpaired) electrons. The number of rotatable bonds is 3. The van der Waals surface area contributed by atoms with E-state index in [0.29, 0.717) is 0 Å². The van der Waals surface area contributed by atoms with Crippen molar-refractivity contribution in [1.82, 2.24) is 0 Å². The number of fused-ring (bicyclic) bond motifs is 10. The summed E-state index contributed by atoms with van der Waals surface area (Å²) in [6.45, 7) is 12.1. The molecular formula is C34H44O13. The molecule has 0 aromatic carbocycles. The average molecular weight is 661 g/mol. The highest BCUT2D eigenvalue weighted by Gasteiger charge is 2.83. The first-order valence-electron chi connectivity index (χ1n) is 16.5. The van der Waals surface area contributed by atoms with Gasteiger partial charge < -0.3 is 39.0 Å². The van der Waals surface area contributed by atoms with Gasteiger partial charge in [0.25, 0.3) is 0 Å². The maximum Gasteiger partial charge on any atom is 0.343 e. The Morgan fingerprint density at radius 1 is 0.851 bits per heavy atom. The van der Waals surface area contributed by atoms with E-state index in [1.165, 1.54) is 27.7 Å². The van der Waals surface area contributed by atoms with Gasteiger partial charge in [0.05, 0.1) is 17.6 Å². The number of ether oxygens (including phenoxy) is 5. The van der Waals surface area contributed by atoms with Gasteiger partial charge in [-0.15, -0.1) is 0 Å². The molecule has 258 valence electrons. The maximum absolute atomic E-state index is 14.3. The molecule has 6 fully saturated rings. The summed E-state index contributed by atoms with van der Waals surface area (Å²) in [5, 5.41) is 36.5. The van der Waals surface area contributed by atoms with Gasteiger partial charge in [-0.25, -0.2) is 4.79 Å². The Hall–Kier alpha value is -2.87. The number of hydrogen-bond acceptors (Lipinski definition) is 13. The second kappa shape index (κ2) is 9.86. The van der Waals surface area contributed by atoms with E-state index in [4.69, 9.17) is 23.7 Å². The zero-order valence-electron chi connectivity index (χ0n) is 27.8. The number of esters is 4. The molecule has 0 spiro atoms. The van der Waals surface area contributed by atoms with Crippen molar-refractivity contribution >= 4 is 29.7 Å². The first-order valence-corrected chi connectivity index (χ1v) is 16.5. The Morgan fingerprint density at radius 3 is 2.04 bits per heavy atom. The van der Waals surface area contributed by atoms with Crippen LogP contribution in [0.2, 0.25) is 0 Å². The summed E-state index contributed by atoms with van der Waals surface area (Å²) in [5.74, 6) is -8.91. The number of epoxide rings is 1. The molecule has 7 rings (SSSR count).